The van der Waals surface area contributed by atoms with Crippen molar-refractivity contribution in [3.05, 3.63) is 12.4 Å². The highest BCUT2D eigenvalue weighted by Crippen LogP contribution is 2.53. The molecule has 2 saturated heterocycles. The summed E-state index contributed by atoms with van der Waals surface area (Å²) in [6.45, 7) is 9.11. The van der Waals surface area contributed by atoms with Gasteiger partial charge in [0.1, 0.15) is 5.82 Å². The van der Waals surface area contributed by atoms with Crippen LogP contribution in [0.5, 0.6) is 5.88 Å². The number of carboxylic acid groups (broad SMARTS) is 1. The molecule has 3 aliphatic rings. The average Bonchev–Trinajstić information content (AvgIpc) is 3.55. The van der Waals surface area contributed by atoms with Gasteiger partial charge in [-0.1, -0.05) is 20.8 Å². The second-order valence-corrected chi connectivity index (χ2v) is 12.6. The number of carbonyl (C=O) groups is 1. The summed E-state index contributed by atoms with van der Waals surface area (Å²) in [6, 6.07) is 0.0591. The lowest BCUT2D eigenvalue weighted by Gasteiger charge is -2.41. The van der Waals surface area contributed by atoms with Crippen molar-refractivity contribution in [3.63, 3.8) is 0 Å². The van der Waals surface area contributed by atoms with Crippen LogP contribution in [-0.2, 0) is 10.0 Å². The Kier molecular flexibility index (Phi) is 7.23. The molecule has 34 heavy (non-hydrogen) atoms. The van der Waals surface area contributed by atoms with Gasteiger partial charge in [-0.05, 0) is 42.9 Å². The number of rotatable bonds is 8. The molecule has 2 aliphatic heterocycles. The molecule has 1 aromatic heterocycles. The minimum atomic E-state index is -3.22. The molecule has 1 amide bonds. The zero-order chi connectivity index (χ0) is 24.5. The first kappa shape index (κ1) is 25.0. The zero-order valence-corrected chi connectivity index (χ0v) is 21.2. The lowest BCUT2D eigenvalue weighted by atomic mass is 9.83. The molecule has 0 spiro atoms. The van der Waals surface area contributed by atoms with Crippen molar-refractivity contribution in [2.45, 2.75) is 52.5 Å². The predicted molar refractivity (Wildman–Crippen MR) is 129 cm³/mol. The first-order valence-corrected chi connectivity index (χ1v) is 13.9. The third-order valence-electron chi connectivity index (χ3n) is 7.38. The number of piperidine rings is 1. The highest BCUT2D eigenvalue weighted by Gasteiger charge is 2.50. The van der Waals surface area contributed by atoms with Crippen LogP contribution in [0.4, 0.5) is 10.6 Å². The molecule has 2 atom stereocenters. The minimum Gasteiger partial charge on any atom is -0.476 e. The van der Waals surface area contributed by atoms with Crippen molar-refractivity contribution in [3.8, 4) is 5.88 Å². The summed E-state index contributed by atoms with van der Waals surface area (Å²) < 4.78 is 32.4. The van der Waals surface area contributed by atoms with Gasteiger partial charge in [-0.25, -0.2) is 23.2 Å². The fraction of sp³-hybridized carbons (Fsp3) is 0.783. The third-order valence-corrected chi connectivity index (χ3v) is 9.62. The number of aromatic nitrogens is 2. The van der Waals surface area contributed by atoms with Crippen LogP contribution in [0.25, 0.3) is 0 Å². The van der Waals surface area contributed by atoms with E-state index < -0.39 is 16.1 Å². The van der Waals surface area contributed by atoms with Gasteiger partial charge in [-0.2, -0.15) is 4.31 Å². The van der Waals surface area contributed by atoms with Crippen LogP contribution in [0.15, 0.2) is 12.4 Å². The first-order chi connectivity index (χ1) is 16.1. The smallest absolute Gasteiger partial charge is 0.407 e. The molecule has 11 heteroatoms. The van der Waals surface area contributed by atoms with Gasteiger partial charge in [0, 0.05) is 38.8 Å². The Bertz CT molecular complexity index is 958. The van der Waals surface area contributed by atoms with E-state index >= 15 is 0 Å². The molecule has 190 valence electrons. The van der Waals surface area contributed by atoms with E-state index in [0.29, 0.717) is 56.9 Å². The van der Waals surface area contributed by atoms with E-state index in [2.05, 4.69) is 16.9 Å². The van der Waals surface area contributed by atoms with Gasteiger partial charge in [0.05, 0.1) is 24.8 Å². The monoisotopic (exact) mass is 495 g/mol. The summed E-state index contributed by atoms with van der Waals surface area (Å²) in [6.07, 6.45) is 6.24. The van der Waals surface area contributed by atoms with Gasteiger partial charge >= 0.3 is 6.09 Å². The number of hydrogen-bond acceptors (Lipinski definition) is 7. The number of hydrogen-bond donors (Lipinski definition) is 1. The maximum Gasteiger partial charge on any atom is 0.407 e. The van der Waals surface area contributed by atoms with E-state index in [0.717, 1.165) is 25.7 Å². The molecule has 2 unspecified atom stereocenters. The number of nitrogens with zero attached hydrogens (tertiary/aromatic N) is 5. The SMILES string of the molecule is CC(C)CS(=O)(=O)N1CCN(c2cnc(OCC3CCN(C(=O)O)C(C4(C)CC4)C3)cn2)CC1. The number of amides is 1. The van der Waals surface area contributed by atoms with Crippen molar-refractivity contribution in [2.75, 3.05) is 50.0 Å². The van der Waals surface area contributed by atoms with E-state index in [1.54, 1.807) is 21.6 Å². The van der Waals surface area contributed by atoms with Crippen molar-refractivity contribution in [1.82, 2.24) is 19.2 Å². The van der Waals surface area contributed by atoms with E-state index in [1.165, 1.54) is 0 Å². The van der Waals surface area contributed by atoms with Crippen LogP contribution in [0, 0.1) is 17.3 Å². The van der Waals surface area contributed by atoms with E-state index in [4.69, 9.17) is 4.74 Å². The average molecular weight is 496 g/mol. The Morgan fingerprint density at radius 3 is 2.44 bits per heavy atom. The largest absolute Gasteiger partial charge is 0.476 e. The van der Waals surface area contributed by atoms with Gasteiger partial charge in [0.25, 0.3) is 0 Å². The van der Waals surface area contributed by atoms with Crippen LogP contribution in [0.3, 0.4) is 0 Å². The molecule has 3 heterocycles. The molecule has 0 bridgehead atoms. The van der Waals surface area contributed by atoms with Crippen LogP contribution in [0.2, 0.25) is 0 Å². The summed E-state index contributed by atoms with van der Waals surface area (Å²) in [5.41, 5.74) is 0.108. The summed E-state index contributed by atoms with van der Waals surface area (Å²) in [4.78, 5) is 24.2. The molecule has 1 aromatic rings. The number of anilines is 1. The highest BCUT2D eigenvalue weighted by atomic mass is 32.2. The van der Waals surface area contributed by atoms with Crippen molar-refractivity contribution < 1.29 is 23.1 Å². The number of piperazine rings is 1. The highest BCUT2D eigenvalue weighted by molar-refractivity contribution is 7.89. The lowest BCUT2D eigenvalue weighted by molar-refractivity contribution is 0.0483. The van der Waals surface area contributed by atoms with E-state index in [9.17, 15) is 18.3 Å². The molecule has 1 aliphatic carbocycles. The molecule has 0 aromatic carbocycles. The molecule has 1 saturated carbocycles. The second kappa shape index (κ2) is 9.85. The molecular formula is C23H37N5O5S. The second-order valence-electron chi connectivity index (χ2n) is 10.6. The number of likely N-dealkylation sites (tertiary alicyclic amines) is 1. The van der Waals surface area contributed by atoms with E-state index in [-0.39, 0.29) is 23.1 Å². The molecule has 1 N–H and O–H groups in total. The summed E-state index contributed by atoms with van der Waals surface area (Å²) in [7, 11) is -3.22. The normalized spacial score (nSPS) is 25.4. The van der Waals surface area contributed by atoms with Crippen LogP contribution >= 0.6 is 0 Å². The fourth-order valence-electron chi connectivity index (χ4n) is 5.08. The topological polar surface area (TPSA) is 116 Å². The quantitative estimate of drug-likeness (QED) is 0.585. The van der Waals surface area contributed by atoms with Crippen LogP contribution in [-0.4, -0.2) is 89.9 Å². The van der Waals surface area contributed by atoms with Crippen molar-refractivity contribution in [2.24, 2.45) is 17.3 Å². The van der Waals surface area contributed by atoms with Crippen LogP contribution in [0.1, 0.15) is 46.5 Å². The molecule has 0 radical (unpaired) electrons. The molecular weight excluding hydrogens is 458 g/mol. The maximum absolute atomic E-state index is 12.4. The molecule has 3 fully saturated rings. The zero-order valence-electron chi connectivity index (χ0n) is 20.4. The molecule has 10 nitrogen and oxygen atoms in total. The van der Waals surface area contributed by atoms with Gasteiger partial charge in [0.15, 0.2) is 0 Å². The maximum atomic E-state index is 12.4. The van der Waals surface area contributed by atoms with Gasteiger partial charge in [-0.15, -0.1) is 0 Å². The predicted octanol–water partition coefficient (Wildman–Crippen LogP) is 2.52. The summed E-state index contributed by atoms with van der Waals surface area (Å²) in [5.74, 6) is 1.74. The minimum absolute atomic E-state index is 0.0591. The van der Waals surface area contributed by atoms with Crippen LogP contribution < -0.4 is 9.64 Å². The third kappa shape index (κ3) is 5.73. The number of ether oxygens (including phenoxy) is 1. The Hall–Kier alpha value is -2.14. The summed E-state index contributed by atoms with van der Waals surface area (Å²) >= 11 is 0. The lowest BCUT2D eigenvalue weighted by Crippen LogP contribution is -2.50. The molecule has 4 rings (SSSR count). The van der Waals surface area contributed by atoms with Gasteiger partial charge < -0.3 is 19.6 Å². The van der Waals surface area contributed by atoms with Crippen molar-refractivity contribution >= 4 is 21.9 Å². The Morgan fingerprint density at radius 1 is 1.18 bits per heavy atom. The standard InChI is InChI=1S/C23H37N5O5S/c1-17(2)16-34(31,32)27-10-8-26(9-11-27)20-13-25-21(14-24-20)33-15-18-4-7-28(22(29)30)19(12-18)23(3)5-6-23/h13-14,17-19H,4-12,15-16H2,1-3H3,(H,29,30). The number of sulfonamides is 1. The Labute approximate surface area is 202 Å². The van der Waals surface area contributed by atoms with Gasteiger partial charge in [-0.3, -0.25) is 0 Å². The Balaban J connectivity index is 1.27. The fourth-order valence-corrected chi connectivity index (χ4v) is 6.86. The van der Waals surface area contributed by atoms with Crippen molar-refractivity contribution in [1.29, 1.82) is 0 Å². The van der Waals surface area contributed by atoms with Gasteiger partial charge in [0.2, 0.25) is 15.9 Å². The Morgan fingerprint density at radius 2 is 1.88 bits per heavy atom. The summed E-state index contributed by atoms with van der Waals surface area (Å²) in [5, 5.41) is 9.56. The first-order valence-electron chi connectivity index (χ1n) is 12.2. The van der Waals surface area contributed by atoms with E-state index in [1.807, 2.05) is 18.7 Å².